The fraction of sp³-hybridized carbons (Fsp3) is 0.107. The molecule has 5 rings (SSSR count). The van der Waals surface area contributed by atoms with E-state index < -0.39 is 0 Å². The van der Waals surface area contributed by atoms with Crippen molar-refractivity contribution in [3.8, 4) is 22.6 Å². The molecule has 0 spiro atoms. The van der Waals surface area contributed by atoms with Gasteiger partial charge in [0, 0.05) is 32.2 Å². The third-order valence-electron chi connectivity index (χ3n) is 5.66. The summed E-state index contributed by atoms with van der Waals surface area (Å²) in [5.74, 6) is 0.593. The van der Waals surface area contributed by atoms with Crippen LogP contribution in [-0.4, -0.2) is 37.4 Å². The van der Waals surface area contributed by atoms with Crippen molar-refractivity contribution in [2.24, 2.45) is 0 Å². The zero-order chi connectivity index (χ0) is 24.0. The van der Waals surface area contributed by atoms with Crippen molar-refractivity contribution in [1.82, 2.24) is 24.5 Å². The molecule has 0 atom stereocenters. The molecule has 7 heteroatoms. The molecule has 0 saturated carbocycles. The number of hydrogen-bond acceptors (Lipinski definition) is 4. The summed E-state index contributed by atoms with van der Waals surface area (Å²) >= 11 is 0. The van der Waals surface area contributed by atoms with Gasteiger partial charge in [-0.25, -0.2) is 9.36 Å². The maximum Gasteiger partial charge on any atom is 0.274 e. The molecular formula is C28H25N5O2. The van der Waals surface area contributed by atoms with Gasteiger partial charge in [0.05, 0.1) is 5.69 Å². The predicted octanol–water partition coefficient (Wildman–Crippen LogP) is 5.04. The molecule has 3 aromatic carbocycles. The van der Waals surface area contributed by atoms with Gasteiger partial charge in [-0.05, 0) is 53.1 Å². The van der Waals surface area contributed by atoms with Gasteiger partial charge in [0.2, 0.25) is 0 Å². The van der Waals surface area contributed by atoms with Crippen molar-refractivity contribution in [1.29, 1.82) is 0 Å². The lowest BCUT2D eigenvalue weighted by molar-refractivity contribution is 0.0777. The monoisotopic (exact) mass is 463 g/mol. The number of amides is 1. The van der Waals surface area contributed by atoms with E-state index in [9.17, 15) is 4.79 Å². The molecule has 0 radical (unpaired) electrons. The van der Waals surface area contributed by atoms with Gasteiger partial charge < -0.3 is 9.64 Å². The first kappa shape index (κ1) is 22.2. The summed E-state index contributed by atoms with van der Waals surface area (Å²) in [5, 5.41) is 8.62. The SMILES string of the molecule is CN(Cc1ccc(-n2cccn2)cc1)C(=O)c1ccn(COc2ccc(-c3ccccc3)cc2)n1. The topological polar surface area (TPSA) is 65.2 Å². The molecule has 0 aliphatic carbocycles. The van der Waals surface area contributed by atoms with Crippen LogP contribution >= 0.6 is 0 Å². The second kappa shape index (κ2) is 10.1. The number of hydrogen-bond donors (Lipinski definition) is 0. The van der Waals surface area contributed by atoms with E-state index in [2.05, 4.69) is 22.3 Å². The van der Waals surface area contributed by atoms with Crippen LogP contribution < -0.4 is 4.74 Å². The molecule has 0 saturated heterocycles. The second-order valence-electron chi connectivity index (χ2n) is 8.18. The standard InChI is InChI=1S/C28H25N5O2/c1-31(20-22-8-12-25(13-9-22)33-18-5-17-29-33)28(34)27-16-19-32(30-27)21-35-26-14-10-24(11-15-26)23-6-3-2-4-7-23/h2-19H,20-21H2,1H3. The third kappa shape index (κ3) is 5.30. The summed E-state index contributed by atoms with van der Waals surface area (Å²) in [6, 6.07) is 29.7. The van der Waals surface area contributed by atoms with Crippen LogP contribution in [0.1, 0.15) is 16.1 Å². The Morgan fingerprint density at radius 1 is 0.857 bits per heavy atom. The van der Waals surface area contributed by atoms with Crippen LogP contribution in [0, 0.1) is 0 Å². The smallest absolute Gasteiger partial charge is 0.274 e. The van der Waals surface area contributed by atoms with Gasteiger partial charge in [-0.3, -0.25) is 4.79 Å². The number of rotatable bonds is 8. The van der Waals surface area contributed by atoms with Crippen LogP contribution in [0.15, 0.2) is 110 Å². The summed E-state index contributed by atoms with van der Waals surface area (Å²) in [4.78, 5) is 14.5. The normalized spacial score (nSPS) is 10.8. The van der Waals surface area contributed by atoms with E-state index in [1.165, 1.54) is 0 Å². The van der Waals surface area contributed by atoms with E-state index in [0.717, 1.165) is 28.1 Å². The van der Waals surface area contributed by atoms with E-state index in [4.69, 9.17) is 4.74 Å². The lowest BCUT2D eigenvalue weighted by Crippen LogP contribution is -2.26. The Labute approximate surface area is 203 Å². The average Bonchev–Trinajstić information content (AvgIpc) is 3.61. The first-order valence-corrected chi connectivity index (χ1v) is 11.3. The van der Waals surface area contributed by atoms with E-state index in [0.29, 0.717) is 12.2 Å². The molecule has 174 valence electrons. The van der Waals surface area contributed by atoms with Crippen LogP contribution in [0.3, 0.4) is 0 Å². The van der Waals surface area contributed by atoms with Gasteiger partial charge in [-0.2, -0.15) is 10.2 Å². The maximum absolute atomic E-state index is 12.9. The molecule has 0 aliphatic rings. The Balaban J connectivity index is 1.15. The summed E-state index contributed by atoms with van der Waals surface area (Å²) in [5.41, 5.74) is 4.67. The maximum atomic E-state index is 12.9. The highest BCUT2D eigenvalue weighted by Gasteiger charge is 2.15. The fourth-order valence-electron chi connectivity index (χ4n) is 3.78. The van der Waals surface area contributed by atoms with Crippen molar-refractivity contribution in [3.05, 3.63) is 121 Å². The molecule has 5 aromatic rings. The Morgan fingerprint density at radius 3 is 2.31 bits per heavy atom. The van der Waals surface area contributed by atoms with Crippen LogP contribution in [0.5, 0.6) is 5.75 Å². The molecule has 0 N–H and O–H groups in total. The Morgan fingerprint density at radius 2 is 1.60 bits per heavy atom. The largest absolute Gasteiger partial charge is 0.471 e. The molecule has 0 unspecified atom stereocenters. The summed E-state index contributed by atoms with van der Waals surface area (Å²) < 4.78 is 9.26. The number of ether oxygens (including phenoxy) is 1. The van der Waals surface area contributed by atoms with E-state index in [1.807, 2.05) is 79.0 Å². The molecule has 2 heterocycles. The summed E-state index contributed by atoms with van der Waals surface area (Å²) in [6.45, 7) is 0.700. The first-order valence-electron chi connectivity index (χ1n) is 11.3. The van der Waals surface area contributed by atoms with Gasteiger partial charge in [0.1, 0.15) is 5.75 Å². The van der Waals surface area contributed by atoms with Crippen LogP contribution in [-0.2, 0) is 13.3 Å². The quantitative estimate of drug-likeness (QED) is 0.323. The van der Waals surface area contributed by atoms with Crippen molar-refractivity contribution in [2.75, 3.05) is 7.05 Å². The highest BCUT2D eigenvalue weighted by atomic mass is 16.5. The molecular weight excluding hydrogens is 438 g/mol. The number of benzene rings is 3. The molecule has 0 aliphatic heterocycles. The van der Waals surface area contributed by atoms with Gasteiger partial charge in [-0.1, -0.05) is 54.6 Å². The zero-order valence-electron chi connectivity index (χ0n) is 19.4. The van der Waals surface area contributed by atoms with E-state index >= 15 is 0 Å². The fourth-order valence-corrected chi connectivity index (χ4v) is 3.78. The van der Waals surface area contributed by atoms with Crippen molar-refractivity contribution >= 4 is 5.91 Å². The van der Waals surface area contributed by atoms with Crippen molar-refractivity contribution in [2.45, 2.75) is 13.3 Å². The highest BCUT2D eigenvalue weighted by molar-refractivity contribution is 5.92. The van der Waals surface area contributed by atoms with Crippen molar-refractivity contribution < 1.29 is 9.53 Å². The van der Waals surface area contributed by atoms with E-state index in [1.54, 1.807) is 39.8 Å². The van der Waals surface area contributed by atoms with Crippen LogP contribution in [0.4, 0.5) is 0 Å². The Bertz CT molecular complexity index is 1380. The minimum Gasteiger partial charge on any atom is -0.471 e. The van der Waals surface area contributed by atoms with Gasteiger partial charge in [0.25, 0.3) is 5.91 Å². The zero-order valence-corrected chi connectivity index (χ0v) is 19.4. The van der Waals surface area contributed by atoms with E-state index in [-0.39, 0.29) is 12.6 Å². The number of aromatic nitrogens is 4. The Kier molecular flexibility index (Phi) is 6.39. The van der Waals surface area contributed by atoms with Gasteiger partial charge in [0.15, 0.2) is 12.4 Å². The molecule has 0 bridgehead atoms. The lowest BCUT2D eigenvalue weighted by atomic mass is 10.1. The average molecular weight is 464 g/mol. The minimum absolute atomic E-state index is 0.146. The lowest BCUT2D eigenvalue weighted by Gasteiger charge is -2.16. The summed E-state index contributed by atoms with van der Waals surface area (Å²) in [7, 11) is 1.77. The predicted molar refractivity (Wildman–Crippen MR) is 134 cm³/mol. The van der Waals surface area contributed by atoms with Gasteiger partial charge >= 0.3 is 0 Å². The molecule has 7 nitrogen and oxygen atoms in total. The van der Waals surface area contributed by atoms with Crippen LogP contribution in [0.2, 0.25) is 0 Å². The minimum atomic E-state index is -0.146. The Hall–Kier alpha value is -4.65. The molecule has 2 aromatic heterocycles. The second-order valence-corrected chi connectivity index (χ2v) is 8.18. The molecule has 1 amide bonds. The number of carbonyl (C=O) groups is 1. The first-order chi connectivity index (χ1) is 17.2. The van der Waals surface area contributed by atoms with Crippen molar-refractivity contribution in [3.63, 3.8) is 0 Å². The summed E-state index contributed by atoms with van der Waals surface area (Å²) in [6.07, 6.45) is 5.38. The molecule has 0 fully saturated rings. The number of nitrogens with zero attached hydrogens (tertiary/aromatic N) is 5. The molecule has 35 heavy (non-hydrogen) atoms. The van der Waals surface area contributed by atoms with Crippen LogP contribution in [0.25, 0.3) is 16.8 Å². The third-order valence-corrected chi connectivity index (χ3v) is 5.66. The van der Waals surface area contributed by atoms with Gasteiger partial charge in [-0.15, -0.1) is 0 Å². The number of carbonyl (C=O) groups excluding carboxylic acids is 1. The highest BCUT2D eigenvalue weighted by Crippen LogP contribution is 2.22.